The molecule has 3 fully saturated rings. The summed E-state index contributed by atoms with van der Waals surface area (Å²) in [6.07, 6.45) is 3.50. The van der Waals surface area contributed by atoms with Crippen LogP contribution >= 0.6 is 27.5 Å². The van der Waals surface area contributed by atoms with Crippen LogP contribution in [0.1, 0.15) is 55.6 Å². The Morgan fingerprint density at radius 1 is 1.00 bits per heavy atom. The molecule has 4 amide bonds. The van der Waals surface area contributed by atoms with E-state index in [2.05, 4.69) is 21.4 Å². The number of rotatable bonds is 11. The predicted octanol–water partition coefficient (Wildman–Crippen LogP) is 6.59. The number of phenols is 1. The number of aliphatic carboxylic acids is 1. The summed E-state index contributed by atoms with van der Waals surface area (Å²) >= 11 is 9.88. The maximum absolute atomic E-state index is 15.3. The van der Waals surface area contributed by atoms with Gasteiger partial charge in [-0.3, -0.25) is 34.3 Å². The monoisotopic (exact) mass is 807 g/mol. The standard InChI is InChI=1S/C39H36BrClFN3O8/c1-53-30-18-21(40)17-28(34(30)48)33-25-14-15-26-32(37(51)44(35(26)49)16-4-2-3-5-31(46)47)27(25)19-29-36(50)45(43-24-12-10-23(42)11-13-24)38(52)39(29,33)20-6-8-22(41)9-7-20/h6-14,17-18,26-27,29,32-33,43,48H,2-5,15-16,19H2,1H3,(H,46,47). The van der Waals surface area contributed by atoms with Gasteiger partial charge in [-0.15, -0.1) is 0 Å². The summed E-state index contributed by atoms with van der Waals surface area (Å²) in [4.78, 5) is 70.4. The second kappa shape index (κ2) is 14.2. The van der Waals surface area contributed by atoms with Gasteiger partial charge >= 0.3 is 5.97 Å². The van der Waals surface area contributed by atoms with Gasteiger partial charge in [0.25, 0.3) is 11.8 Å². The summed E-state index contributed by atoms with van der Waals surface area (Å²) in [5.41, 5.74) is 2.88. The van der Waals surface area contributed by atoms with Crippen molar-refractivity contribution < 1.29 is 43.3 Å². The molecule has 7 rings (SSSR count). The lowest BCUT2D eigenvalue weighted by Gasteiger charge is -2.50. The van der Waals surface area contributed by atoms with Crippen LogP contribution in [0.25, 0.3) is 0 Å². The topological polar surface area (TPSA) is 154 Å². The van der Waals surface area contributed by atoms with Crippen molar-refractivity contribution in [1.29, 1.82) is 0 Å². The van der Waals surface area contributed by atoms with Gasteiger partial charge in [-0.25, -0.2) is 4.39 Å². The molecule has 0 radical (unpaired) electrons. The van der Waals surface area contributed by atoms with E-state index in [4.69, 9.17) is 21.4 Å². The number of nitrogens with one attached hydrogen (secondary N) is 1. The largest absolute Gasteiger partial charge is 0.504 e. The number of anilines is 1. The number of carboxylic acids is 1. The number of aromatic hydroxyl groups is 1. The molecule has 3 aromatic rings. The number of unbranched alkanes of at least 4 members (excludes halogenated alkanes) is 2. The first-order chi connectivity index (χ1) is 25.4. The molecule has 4 aliphatic rings. The Morgan fingerprint density at radius 3 is 2.40 bits per heavy atom. The van der Waals surface area contributed by atoms with Gasteiger partial charge in [-0.1, -0.05) is 57.7 Å². The molecule has 14 heteroatoms. The van der Waals surface area contributed by atoms with Gasteiger partial charge in [-0.05, 0) is 85.7 Å². The lowest BCUT2D eigenvalue weighted by Crippen LogP contribution is -2.53. The molecule has 2 heterocycles. The Labute approximate surface area is 317 Å². The molecule has 1 saturated carbocycles. The molecular formula is C39H36BrClFN3O8. The summed E-state index contributed by atoms with van der Waals surface area (Å²) in [5.74, 6) is -7.75. The Hall–Kier alpha value is -4.75. The zero-order chi connectivity index (χ0) is 37.8. The van der Waals surface area contributed by atoms with E-state index in [1.54, 1.807) is 36.4 Å². The van der Waals surface area contributed by atoms with Gasteiger partial charge in [0, 0.05) is 33.9 Å². The number of hydrogen-bond donors (Lipinski definition) is 3. The van der Waals surface area contributed by atoms with Crippen LogP contribution in [0.2, 0.25) is 5.02 Å². The number of ether oxygens (including phenoxy) is 1. The van der Waals surface area contributed by atoms with Crippen LogP contribution in [0.4, 0.5) is 10.1 Å². The third-order valence-corrected chi connectivity index (χ3v) is 11.9. The lowest BCUT2D eigenvalue weighted by molar-refractivity contribution is -0.141. The fourth-order valence-corrected chi connectivity index (χ4v) is 9.56. The second-order valence-corrected chi connectivity index (χ2v) is 15.3. The number of carbonyl (C=O) groups is 5. The van der Waals surface area contributed by atoms with Crippen LogP contribution in [0.5, 0.6) is 11.5 Å². The van der Waals surface area contributed by atoms with Crippen molar-refractivity contribution in [2.24, 2.45) is 23.7 Å². The summed E-state index contributed by atoms with van der Waals surface area (Å²) in [6, 6.07) is 15.1. The van der Waals surface area contributed by atoms with Crippen LogP contribution in [0, 0.1) is 29.5 Å². The van der Waals surface area contributed by atoms with Gasteiger partial charge in [0.2, 0.25) is 11.8 Å². The molecule has 6 atom stereocenters. The van der Waals surface area contributed by atoms with Gasteiger partial charge < -0.3 is 14.9 Å². The minimum Gasteiger partial charge on any atom is -0.504 e. The van der Waals surface area contributed by atoms with Crippen LogP contribution in [0.3, 0.4) is 0 Å². The van der Waals surface area contributed by atoms with E-state index < -0.39 is 58.6 Å². The Kier molecular flexibility index (Phi) is 9.83. The predicted molar refractivity (Wildman–Crippen MR) is 194 cm³/mol. The third-order valence-electron chi connectivity index (χ3n) is 11.2. The minimum atomic E-state index is -1.68. The highest BCUT2D eigenvalue weighted by molar-refractivity contribution is 9.10. The van der Waals surface area contributed by atoms with Gasteiger partial charge in [0.05, 0.1) is 36.0 Å². The number of carbonyl (C=O) groups excluding carboxylic acids is 4. The number of hydrazine groups is 1. The Balaban J connectivity index is 1.38. The molecule has 3 N–H and O–H groups in total. The lowest BCUT2D eigenvalue weighted by atomic mass is 9.49. The maximum atomic E-state index is 15.3. The van der Waals surface area contributed by atoms with Gasteiger partial charge in [0.1, 0.15) is 5.82 Å². The van der Waals surface area contributed by atoms with E-state index in [1.807, 2.05) is 6.08 Å². The molecule has 0 aromatic heterocycles. The highest BCUT2D eigenvalue weighted by Gasteiger charge is 2.70. The van der Waals surface area contributed by atoms with Crippen molar-refractivity contribution >= 4 is 62.8 Å². The zero-order valence-corrected chi connectivity index (χ0v) is 30.9. The number of benzene rings is 3. The van der Waals surface area contributed by atoms with E-state index in [0.29, 0.717) is 39.9 Å². The number of nitrogens with zero attached hydrogens (tertiary/aromatic N) is 2. The van der Waals surface area contributed by atoms with E-state index in [9.17, 15) is 28.7 Å². The first kappa shape index (κ1) is 36.6. The highest BCUT2D eigenvalue weighted by atomic mass is 79.9. The average molecular weight is 809 g/mol. The van der Waals surface area contributed by atoms with E-state index in [0.717, 1.165) is 5.01 Å². The molecule has 53 heavy (non-hydrogen) atoms. The van der Waals surface area contributed by atoms with Crippen molar-refractivity contribution in [1.82, 2.24) is 9.91 Å². The highest BCUT2D eigenvalue weighted by Crippen LogP contribution is 2.65. The number of phenolic OH excluding ortho intramolecular Hbond substituents is 1. The number of hydrogen-bond acceptors (Lipinski definition) is 8. The third kappa shape index (κ3) is 6.07. The molecule has 0 spiro atoms. The Morgan fingerprint density at radius 2 is 1.72 bits per heavy atom. The van der Waals surface area contributed by atoms with E-state index >= 15 is 4.79 Å². The van der Waals surface area contributed by atoms with Crippen molar-refractivity contribution in [3.05, 3.63) is 98.8 Å². The number of allylic oxidation sites excluding steroid dienone is 2. The smallest absolute Gasteiger partial charge is 0.303 e. The zero-order valence-electron chi connectivity index (χ0n) is 28.6. The number of imide groups is 2. The van der Waals surface area contributed by atoms with Crippen LogP contribution < -0.4 is 10.2 Å². The van der Waals surface area contributed by atoms with Crippen molar-refractivity contribution in [3.8, 4) is 11.5 Å². The fourth-order valence-electron chi connectivity index (χ4n) is 8.98. The SMILES string of the molecule is COc1cc(Br)cc(C2C3=CCC4C(=O)N(CCCCCC(=O)O)C(=O)C4C3CC3C(=O)N(Nc4ccc(F)cc4)C(=O)C32c2ccc(Cl)cc2)c1O. The molecule has 0 bridgehead atoms. The molecule has 2 saturated heterocycles. The fraction of sp³-hybridized carbons (Fsp3) is 0.359. The summed E-state index contributed by atoms with van der Waals surface area (Å²) in [6.45, 7) is 0.143. The molecule has 276 valence electrons. The van der Waals surface area contributed by atoms with Crippen molar-refractivity contribution in [2.75, 3.05) is 19.1 Å². The van der Waals surface area contributed by atoms with Crippen molar-refractivity contribution in [3.63, 3.8) is 0 Å². The van der Waals surface area contributed by atoms with Crippen LogP contribution in [0.15, 0.2) is 76.8 Å². The number of likely N-dealkylation sites (tertiary alicyclic amines) is 1. The number of amides is 4. The molecule has 11 nitrogen and oxygen atoms in total. The molecule has 3 aromatic carbocycles. The number of fused-ring (bicyclic) bond motifs is 4. The summed E-state index contributed by atoms with van der Waals surface area (Å²) < 4.78 is 19.9. The Bertz CT molecular complexity index is 2040. The van der Waals surface area contributed by atoms with Crippen LogP contribution in [-0.4, -0.2) is 63.4 Å². The second-order valence-electron chi connectivity index (χ2n) is 14.0. The van der Waals surface area contributed by atoms with E-state index in [-0.39, 0.29) is 60.4 Å². The first-order valence-corrected chi connectivity index (χ1v) is 18.6. The van der Waals surface area contributed by atoms with Crippen LogP contribution in [-0.2, 0) is 29.4 Å². The molecule has 6 unspecified atom stereocenters. The van der Waals surface area contributed by atoms with Gasteiger partial charge in [-0.2, -0.15) is 5.01 Å². The quantitative estimate of drug-likeness (QED) is 0.111. The molecular weight excluding hydrogens is 773 g/mol. The van der Waals surface area contributed by atoms with Gasteiger partial charge in [0.15, 0.2) is 11.5 Å². The maximum Gasteiger partial charge on any atom is 0.303 e. The number of halogens is 3. The minimum absolute atomic E-state index is 0.00629. The average Bonchev–Trinajstić information content (AvgIpc) is 3.50. The first-order valence-electron chi connectivity index (χ1n) is 17.4. The normalized spacial score (nSPS) is 26.3. The molecule has 2 aliphatic heterocycles. The molecule has 2 aliphatic carbocycles. The number of carboxylic acid groups (broad SMARTS) is 1. The summed E-state index contributed by atoms with van der Waals surface area (Å²) in [7, 11) is 1.40. The number of methoxy groups -OCH3 is 1. The summed E-state index contributed by atoms with van der Waals surface area (Å²) in [5, 5.41) is 22.2. The van der Waals surface area contributed by atoms with E-state index in [1.165, 1.54) is 36.3 Å². The van der Waals surface area contributed by atoms with Crippen molar-refractivity contribution in [2.45, 2.75) is 49.9 Å².